The van der Waals surface area contributed by atoms with Crippen LogP contribution in [0.4, 0.5) is 5.82 Å². The van der Waals surface area contributed by atoms with Crippen molar-refractivity contribution in [2.24, 2.45) is 0 Å². The van der Waals surface area contributed by atoms with Crippen LogP contribution in [0.2, 0.25) is 5.02 Å². The predicted molar refractivity (Wildman–Crippen MR) is 114 cm³/mol. The Morgan fingerprint density at radius 1 is 1.03 bits per heavy atom. The summed E-state index contributed by atoms with van der Waals surface area (Å²) in [5.74, 6) is 1.51. The van der Waals surface area contributed by atoms with Gasteiger partial charge in [0.05, 0.1) is 19.3 Å². The number of fused-ring (bicyclic) bond motifs is 1. The molecule has 4 aromatic rings. The van der Waals surface area contributed by atoms with Gasteiger partial charge in [0.25, 0.3) is 0 Å². The lowest BCUT2D eigenvalue weighted by molar-refractivity contribution is 0.414. The first-order chi connectivity index (χ1) is 14.2. The second kappa shape index (κ2) is 8.45. The van der Waals surface area contributed by atoms with Crippen molar-refractivity contribution in [1.82, 2.24) is 25.2 Å². The standard InChI is InChI=1S/C21H21ClN6O/c1-14-19-20(28(27-25-19)13-16-5-3-4-6-18(16)22)21(26-24-14)23-12-11-15-7-9-17(29-2)10-8-15/h3-10H,11-13H2,1-2H3,(H,23,26). The van der Waals surface area contributed by atoms with Crippen molar-refractivity contribution >= 4 is 28.5 Å². The lowest BCUT2D eigenvalue weighted by Crippen LogP contribution is -2.11. The van der Waals surface area contributed by atoms with Gasteiger partial charge in [-0.2, -0.15) is 5.10 Å². The summed E-state index contributed by atoms with van der Waals surface area (Å²) in [4.78, 5) is 0. The number of aromatic nitrogens is 5. The Hall–Kier alpha value is -3.19. The van der Waals surface area contributed by atoms with Crippen LogP contribution in [0.25, 0.3) is 11.0 Å². The number of methoxy groups -OCH3 is 1. The molecule has 2 aromatic carbocycles. The van der Waals surface area contributed by atoms with E-state index < -0.39 is 0 Å². The first-order valence-corrected chi connectivity index (χ1v) is 9.70. The molecule has 0 saturated heterocycles. The van der Waals surface area contributed by atoms with E-state index in [1.807, 2.05) is 48.0 Å². The molecule has 0 unspecified atom stereocenters. The lowest BCUT2D eigenvalue weighted by atomic mass is 10.1. The van der Waals surface area contributed by atoms with Crippen LogP contribution in [0.1, 0.15) is 16.8 Å². The fourth-order valence-corrected chi connectivity index (χ4v) is 3.34. The molecule has 8 heteroatoms. The summed E-state index contributed by atoms with van der Waals surface area (Å²) in [5.41, 5.74) is 4.48. The average Bonchev–Trinajstić information content (AvgIpc) is 3.17. The highest BCUT2D eigenvalue weighted by atomic mass is 35.5. The van der Waals surface area contributed by atoms with Gasteiger partial charge in [-0.05, 0) is 42.7 Å². The van der Waals surface area contributed by atoms with Crippen molar-refractivity contribution in [1.29, 1.82) is 0 Å². The van der Waals surface area contributed by atoms with E-state index in [1.54, 1.807) is 7.11 Å². The van der Waals surface area contributed by atoms with Gasteiger partial charge in [-0.15, -0.1) is 10.2 Å². The highest BCUT2D eigenvalue weighted by molar-refractivity contribution is 6.31. The van der Waals surface area contributed by atoms with E-state index in [1.165, 1.54) is 5.56 Å². The number of nitrogens with zero attached hydrogens (tertiary/aromatic N) is 5. The molecule has 0 spiro atoms. The zero-order chi connectivity index (χ0) is 20.2. The third kappa shape index (κ3) is 4.14. The van der Waals surface area contributed by atoms with Gasteiger partial charge in [0, 0.05) is 11.6 Å². The number of aryl methyl sites for hydroxylation is 1. The Morgan fingerprint density at radius 2 is 1.83 bits per heavy atom. The zero-order valence-electron chi connectivity index (χ0n) is 16.3. The molecule has 0 aliphatic rings. The van der Waals surface area contributed by atoms with Gasteiger partial charge in [-0.3, -0.25) is 0 Å². The Balaban J connectivity index is 1.56. The Labute approximate surface area is 173 Å². The van der Waals surface area contributed by atoms with Crippen molar-refractivity contribution in [2.75, 3.05) is 19.0 Å². The fourth-order valence-electron chi connectivity index (χ4n) is 3.15. The molecule has 4 rings (SSSR count). The lowest BCUT2D eigenvalue weighted by Gasteiger charge is -2.10. The second-order valence-electron chi connectivity index (χ2n) is 6.69. The van der Waals surface area contributed by atoms with Crippen LogP contribution in [0, 0.1) is 6.92 Å². The van der Waals surface area contributed by atoms with Crippen LogP contribution in [0.15, 0.2) is 48.5 Å². The monoisotopic (exact) mass is 408 g/mol. The first kappa shape index (κ1) is 19.1. The Kier molecular flexibility index (Phi) is 5.57. The molecule has 2 heterocycles. The summed E-state index contributed by atoms with van der Waals surface area (Å²) in [5, 5.41) is 21.3. The van der Waals surface area contributed by atoms with Crippen molar-refractivity contribution in [3.8, 4) is 5.75 Å². The number of hydrogen-bond donors (Lipinski definition) is 1. The Bertz CT molecular complexity index is 1130. The van der Waals surface area contributed by atoms with E-state index in [-0.39, 0.29) is 0 Å². The van der Waals surface area contributed by atoms with Crippen molar-refractivity contribution in [3.63, 3.8) is 0 Å². The molecule has 29 heavy (non-hydrogen) atoms. The van der Waals surface area contributed by atoms with Crippen molar-refractivity contribution in [2.45, 2.75) is 19.9 Å². The van der Waals surface area contributed by atoms with Crippen LogP contribution in [0.3, 0.4) is 0 Å². The van der Waals surface area contributed by atoms with E-state index in [2.05, 4.69) is 38.0 Å². The van der Waals surface area contributed by atoms with Crippen LogP contribution >= 0.6 is 11.6 Å². The normalized spacial score (nSPS) is 11.0. The van der Waals surface area contributed by atoms with Gasteiger partial charge in [0.2, 0.25) is 0 Å². The van der Waals surface area contributed by atoms with Crippen molar-refractivity contribution in [3.05, 3.63) is 70.4 Å². The summed E-state index contributed by atoms with van der Waals surface area (Å²) < 4.78 is 7.02. The van der Waals surface area contributed by atoms with Gasteiger partial charge < -0.3 is 10.1 Å². The number of anilines is 1. The molecule has 0 fully saturated rings. The van der Waals surface area contributed by atoms with Crippen LogP contribution in [0.5, 0.6) is 5.75 Å². The molecule has 0 aliphatic heterocycles. The number of halogens is 1. The summed E-state index contributed by atoms with van der Waals surface area (Å²) in [6.07, 6.45) is 0.840. The van der Waals surface area contributed by atoms with Gasteiger partial charge in [0.1, 0.15) is 16.8 Å². The van der Waals surface area contributed by atoms with Crippen molar-refractivity contribution < 1.29 is 4.74 Å². The molecule has 0 saturated carbocycles. The minimum atomic E-state index is 0.508. The van der Waals surface area contributed by atoms with E-state index in [9.17, 15) is 0 Å². The average molecular weight is 409 g/mol. The number of nitrogens with one attached hydrogen (secondary N) is 1. The predicted octanol–water partition coefficient (Wildman–Crippen LogP) is 3.89. The summed E-state index contributed by atoms with van der Waals surface area (Å²) in [7, 11) is 1.66. The molecule has 0 radical (unpaired) electrons. The number of ether oxygens (including phenoxy) is 1. The summed E-state index contributed by atoms with van der Waals surface area (Å²) in [6, 6.07) is 15.7. The summed E-state index contributed by atoms with van der Waals surface area (Å²) >= 11 is 6.32. The zero-order valence-corrected chi connectivity index (χ0v) is 17.0. The van der Waals surface area contributed by atoms with Gasteiger partial charge >= 0.3 is 0 Å². The quantitative estimate of drug-likeness (QED) is 0.499. The van der Waals surface area contributed by atoms with E-state index >= 15 is 0 Å². The molecule has 148 valence electrons. The maximum Gasteiger partial charge on any atom is 0.176 e. The molecular formula is C21H21ClN6O. The Morgan fingerprint density at radius 3 is 2.59 bits per heavy atom. The molecule has 2 aromatic heterocycles. The van der Waals surface area contributed by atoms with E-state index in [0.29, 0.717) is 23.9 Å². The second-order valence-corrected chi connectivity index (χ2v) is 7.10. The molecule has 0 aliphatic carbocycles. The topological polar surface area (TPSA) is 77.8 Å². The maximum atomic E-state index is 6.32. The molecule has 0 amide bonds. The highest BCUT2D eigenvalue weighted by Gasteiger charge is 2.15. The minimum absolute atomic E-state index is 0.508. The third-order valence-electron chi connectivity index (χ3n) is 4.75. The smallest absolute Gasteiger partial charge is 0.176 e. The van der Waals surface area contributed by atoms with E-state index in [0.717, 1.165) is 34.5 Å². The third-order valence-corrected chi connectivity index (χ3v) is 5.11. The fraction of sp³-hybridized carbons (Fsp3) is 0.238. The minimum Gasteiger partial charge on any atom is -0.497 e. The number of rotatable bonds is 7. The number of hydrogen-bond acceptors (Lipinski definition) is 6. The van der Waals surface area contributed by atoms with E-state index in [4.69, 9.17) is 16.3 Å². The SMILES string of the molecule is COc1ccc(CCNc2nnc(C)c3nnn(Cc4ccccc4Cl)c23)cc1. The van der Waals surface area contributed by atoms with Crippen LogP contribution in [-0.4, -0.2) is 38.8 Å². The van der Waals surface area contributed by atoms with Gasteiger partial charge in [0.15, 0.2) is 5.82 Å². The molecule has 7 nitrogen and oxygen atoms in total. The molecule has 0 bridgehead atoms. The largest absolute Gasteiger partial charge is 0.497 e. The number of benzene rings is 2. The summed E-state index contributed by atoms with van der Waals surface area (Å²) in [6.45, 7) is 3.09. The highest BCUT2D eigenvalue weighted by Crippen LogP contribution is 2.23. The molecular weight excluding hydrogens is 388 g/mol. The van der Waals surface area contributed by atoms with Crippen LogP contribution < -0.4 is 10.1 Å². The molecule has 1 N–H and O–H groups in total. The van der Waals surface area contributed by atoms with Gasteiger partial charge in [-0.1, -0.05) is 47.1 Å². The molecule has 0 atom stereocenters. The van der Waals surface area contributed by atoms with Crippen LogP contribution in [-0.2, 0) is 13.0 Å². The first-order valence-electron chi connectivity index (χ1n) is 9.32. The maximum absolute atomic E-state index is 6.32. The van der Waals surface area contributed by atoms with Gasteiger partial charge in [-0.25, -0.2) is 4.68 Å².